The minimum Gasteiger partial charge on any atom is -0.496 e. The van der Waals surface area contributed by atoms with Crippen molar-refractivity contribution in [1.82, 2.24) is 4.98 Å². The van der Waals surface area contributed by atoms with E-state index < -0.39 is 0 Å². The van der Waals surface area contributed by atoms with Crippen LogP contribution in [0.4, 0.5) is 4.39 Å². The molecular formula is C18H16FNO3. The number of ether oxygens (including phenoxy) is 1. The van der Waals surface area contributed by atoms with Gasteiger partial charge in [-0.25, -0.2) is 4.39 Å². The number of halogens is 1. The van der Waals surface area contributed by atoms with Crippen molar-refractivity contribution < 1.29 is 19.0 Å². The zero-order chi connectivity index (χ0) is 16.4. The molecule has 3 rings (SSSR count). The number of carbonyl (C=O) groups excluding carboxylic acids is 1. The van der Waals surface area contributed by atoms with Crippen molar-refractivity contribution in [2.45, 2.75) is 13.0 Å². The molecule has 0 unspecified atom stereocenters. The van der Waals surface area contributed by atoms with Crippen molar-refractivity contribution in [3.05, 3.63) is 65.1 Å². The molecule has 2 N–H and O–H groups in total. The average molecular weight is 313 g/mol. The molecule has 1 heterocycles. The number of Topliss-reactive ketones (excluding diaryl/α,β-unsaturated/α-hetero) is 1. The van der Waals surface area contributed by atoms with E-state index in [1.165, 1.54) is 19.2 Å². The van der Waals surface area contributed by atoms with E-state index in [2.05, 4.69) is 4.98 Å². The third kappa shape index (κ3) is 3.10. The summed E-state index contributed by atoms with van der Waals surface area (Å²) in [6.07, 6.45) is 0.187. The summed E-state index contributed by atoms with van der Waals surface area (Å²) in [7, 11) is 1.53. The zero-order valence-corrected chi connectivity index (χ0v) is 12.6. The van der Waals surface area contributed by atoms with Gasteiger partial charge in [0.15, 0.2) is 5.78 Å². The predicted octanol–water partition coefficient (Wildman–Crippen LogP) is 3.23. The van der Waals surface area contributed by atoms with Gasteiger partial charge in [0, 0.05) is 22.9 Å². The van der Waals surface area contributed by atoms with Gasteiger partial charge < -0.3 is 14.8 Å². The minimum atomic E-state index is -0.335. The van der Waals surface area contributed by atoms with Crippen LogP contribution in [0.1, 0.15) is 21.6 Å². The highest BCUT2D eigenvalue weighted by molar-refractivity contribution is 6.00. The van der Waals surface area contributed by atoms with Crippen LogP contribution < -0.4 is 4.74 Å². The standard InChI is InChI=1S/C18H16FNO3/c1-23-18-5-2-11(6-13(18)10-21)7-17(22)16-9-12-8-14(19)3-4-15(12)20-16/h2-6,8-9,20-21H,7,10H2,1H3. The van der Waals surface area contributed by atoms with E-state index in [9.17, 15) is 14.3 Å². The molecule has 0 radical (unpaired) electrons. The predicted molar refractivity (Wildman–Crippen MR) is 85.2 cm³/mol. The molecule has 118 valence electrons. The molecule has 5 heteroatoms. The van der Waals surface area contributed by atoms with Crippen molar-refractivity contribution in [1.29, 1.82) is 0 Å². The molecule has 3 aromatic rings. The second-order valence-electron chi connectivity index (χ2n) is 5.32. The summed E-state index contributed by atoms with van der Waals surface area (Å²) < 4.78 is 18.4. The molecule has 0 bridgehead atoms. The summed E-state index contributed by atoms with van der Waals surface area (Å²) in [5, 5.41) is 10.0. The first-order valence-electron chi connectivity index (χ1n) is 7.19. The maximum atomic E-state index is 13.2. The number of hydrogen-bond acceptors (Lipinski definition) is 3. The van der Waals surface area contributed by atoms with Crippen LogP contribution in [0.5, 0.6) is 5.75 Å². The van der Waals surface area contributed by atoms with Crippen LogP contribution >= 0.6 is 0 Å². The smallest absolute Gasteiger partial charge is 0.183 e. The normalized spacial score (nSPS) is 10.9. The Kier molecular flexibility index (Phi) is 4.12. The monoisotopic (exact) mass is 313 g/mol. The molecule has 0 aliphatic rings. The Hall–Kier alpha value is -2.66. The van der Waals surface area contributed by atoms with Gasteiger partial charge in [-0.05, 0) is 42.0 Å². The third-order valence-corrected chi connectivity index (χ3v) is 3.76. The number of benzene rings is 2. The molecule has 2 aromatic carbocycles. The van der Waals surface area contributed by atoms with E-state index in [0.717, 1.165) is 11.1 Å². The number of carbonyl (C=O) groups is 1. The number of nitrogens with one attached hydrogen (secondary N) is 1. The molecule has 0 fully saturated rings. The largest absolute Gasteiger partial charge is 0.496 e. The summed E-state index contributed by atoms with van der Waals surface area (Å²) in [6.45, 7) is -0.156. The van der Waals surface area contributed by atoms with Gasteiger partial charge in [-0.15, -0.1) is 0 Å². The van der Waals surface area contributed by atoms with Crippen molar-refractivity contribution >= 4 is 16.7 Å². The van der Waals surface area contributed by atoms with Gasteiger partial charge in [0.05, 0.1) is 19.4 Å². The first-order chi connectivity index (χ1) is 11.1. The van der Waals surface area contributed by atoms with Crippen LogP contribution in [0.15, 0.2) is 42.5 Å². The van der Waals surface area contributed by atoms with Crippen LogP contribution in [0.3, 0.4) is 0 Å². The van der Waals surface area contributed by atoms with E-state index in [-0.39, 0.29) is 24.6 Å². The summed E-state index contributed by atoms with van der Waals surface area (Å²) in [5.41, 5.74) is 2.58. The van der Waals surface area contributed by atoms with Crippen molar-refractivity contribution in [2.24, 2.45) is 0 Å². The Balaban J connectivity index is 1.85. The fraction of sp³-hybridized carbons (Fsp3) is 0.167. The Bertz CT molecular complexity index is 870. The number of ketones is 1. The van der Waals surface area contributed by atoms with Crippen molar-refractivity contribution in [2.75, 3.05) is 7.11 Å². The maximum Gasteiger partial charge on any atom is 0.183 e. The highest BCUT2D eigenvalue weighted by Crippen LogP contribution is 2.22. The molecule has 23 heavy (non-hydrogen) atoms. The molecule has 0 saturated carbocycles. The fourth-order valence-corrected chi connectivity index (χ4v) is 2.60. The molecule has 4 nitrogen and oxygen atoms in total. The highest BCUT2D eigenvalue weighted by atomic mass is 19.1. The average Bonchev–Trinajstić information content (AvgIpc) is 2.97. The van der Waals surface area contributed by atoms with Gasteiger partial charge in [0.25, 0.3) is 0 Å². The van der Waals surface area contributed by atoms with Gasteiger partial charge in [0.2, 0.25) is 0 Å². The van der Waals surface area contributed by atoms with Crippen molar-refractivity contribution in [3.8, 4) is 5.75 Å². The SMILES string of the molecule is COc1ccc(CC(=O)c2cc3cc(F)ccc3[nH]2)cc1CO. The van der Waals surface area contributed by atoms with E-state index in [4.69, 9.17) is 4.74 Å². The molecule has 0 amide bonds. The number of aromatic amines is 1. The van der Waals surface area contributed by atoms with Gasteiger partial charge in [-0.2, -0.15) is 0 Å². The molecule has 0 spiro atoms. The van der Waals surface area contributed by atoms with E-state index in [0.29, 0.717) is 22.4 Å². The number of rotatable bonds is 5. The summed E-state index contributed by atoms with van der Waals surface area (Å²) >= 11 is 0. The first-order valence-corrected chi connectivity index (χ1v) is 7.19. The lowest BCUT2D eigenvalue weighted by atomic mass is 10.0. The van der Waals surface area contributed by atoms with Crippen LogP contribution in [0, 0.1) is 5.82 Å². The molecule has 0 atom stereocenters. The summed E-state index contributed by atoms with van der Waals surface area (Å²) in [6, 6.07) is 11.3. The molecule has 1 aromatic heterocycles. The number of aromatic nitrogens is 1. The molecular weight excluding hydrogens is 297 g/mol. The van der Waals surface area contributed by atoms with Crippen LogP contribution in [0.2, 0.25) is 0 Å². The second-order valence-corrected chi connectivity index (χ2v) is 5.32. The Morgan fingerprint density at radius 1 is 1.22 bits per heavy atom. The number of H-pyrrole nitrogens is 1. The van der Waals surface area contributed by atoms with E-state index in [1.807, 2.05) is 0 Å². The number of aliphatic hydroxyl groups is 1. The molecule has 0 aliphatic carbocycles. The lowest BCUT2D eigenvalue weighted by Crippen LogP contribution is -2.04. The summed E-state index contributed by atoms with van der Waals surface area (Å²) in [5.74, 6) is 0.152. The Morgan fingerprint density at radius 2 is 2.04 bits per heavy atom. The minimum absolute atomic E-state index is 0.101. The maximum absolute atomic E-state index is 13.2. The van der Waals surface area contributed by atoms with E-state index >= 15 is 0 Å². The van der Waals surface area contributed by atoms with Crippen molar-refractivity contribution in [3.63, 3.8) is 0 Å². The van der Waals surface area contributed by atoms with Gasteiger partial charge in [0.1, 0.15) is 11.6 Å². The van der Waals surface area contributed by atoms with Gasteiger partial charge in [-0.3, -0.25) is 4.79 Å². The van der Waals surface area contributed by atoms with Gasteiger partial charge >= 0.3 is 0 Å². The zero-order valence-electron chi connectivity index (χ0n) is 12.6. The summed E-state index contributed by atoms with van der Waals surface area (Å²) in [4.78, 5) is 15.4. The fourth-order valence-electron chi connectivity index (χ4n) is 2.60. The van der Waals surface area contributed by atoms with Gasteiger partial charge in [-0.1, -0.05) is 6.07 Å². The number of methoxy groups -OCH3 is 1. The number of hydrogen-bond donors (Lipinski definition) is 2. The van der Waals surface area contributed by atoms with E-state index in [1.54, 1.807) is 30.3 Å². The topological polar surface area (TPSA) is 62.3 Å². The lowest BCUT2D eigenvalue weighted by molar-refractivity contribution is 0.0989. The molecule has 0 aliphatic heterocycles. The Morgan fingerprint density at radius 3 is 2.78 bits per heavy atom. The quantitative estimate of drug-likeness (QED) is 0.711. The van der Waals surface area contributed by atoms with Crippen LogP contribution in [0.25, 0.3) is 10.9 Å². The molecule has 0 saturated heterocycles. The second kappa shape index (κ2) is 6.22. The number of aliphatic hydroxyl groups excluding tert-OH is 1. The lowest BCUT2D eigenvalue weighted by Gasteiger charge is -2.08. The van der Waals surface area contributed by atoms with Crippen LogP contribution in [-0.4, -0.2) is 23.0 Å². The number of fused-ring (bicyclic) bond motifs is 1. The van der Waals surface area contributed by atoms with Crippen LogP contribution in [-0.2, 0) is 13.0 Å². The highest BCUT2D eigenvalue weighted by Gasteiger charge is 2.12. The third-order valence-electron chi connectivity index (χ3n) is 3.76. The Labute approximate surface area is 132 Å². The first kappa shape index (κ1) is 15.2.